The zero-order chi connectivity index (χ0) is 12.1. The number of rotatable bonds is 5. The second kappa shape index (κ2) is 5.55. The molecule has 7 nitrogen and oxygen atoms in total. The maximum atomic E-state index is 11.5. The van der Waals surface area contributed by atoms with Crippen LogP contribution in [-0.2, 0) is 11.3 Å². The van der Waals surface area contributed by atoms with Crippen LogP contribution >= 0.6 is 0 Å². The van der Waals surface area contributed by atoms with Gasteiger partial charge in [-0.3, -0.25) is 4.79 Å². The maximum absolute atomic E-state index is 11.5. The summed E-state index contributed by atoms with van der Waals surface area (Å²) in [4.78, 5) is 11.5. The van der Waals surface area contributed by atoms with E-state index in [0.29, 0.717) is 5.82 Å². The molecule has 7 heteroatoms. The van der Waals surface area contributed by atoms with Gasteiger partial charge >= 0.3 is 0 Å². The summed E-state index contributed by atoms with van der Waals surface area (Å²) in [5.74, 6) is 0.626. The lowest BCUT2D eigenvalue weighted by Gasteiger charge is -2.11. The summed E-state index contributed by atoms with van der Waals surface area (Å²) in [5.41, 5.74) is 0. The van der Waals surface area contributed by atoms with Crippen molar-refractivity contribution in [2.24, 2.45) is 0 Å². The van der Waals surface area contributed by atoms with Crippen LogP contribution in [-0.4, -0.2) is 43.9 Å². The molecule has 0 aromatic carbocycles. The molecule has 0 saturated carbocycles. The number of tetrazole rings is 1. The Morgan fingerprint density at radius 2 is 2.19 bits per heavy atom. The summed E-state index contributed by atoms with van der Waals surface area (Å²) >= 11 is 0. The van der Waals surface area contributed by atoms with Gasteiger partial charge in [0.05, 0.1) is 6.61 Å². The number of nitrogens with zero attached hydrogens (tertiary/aromatic N) is 4. The van der Waals surface area contributed by atoms with Gasteiger partial charge in [0.25, 0.3) is 0 Å². The third-order valence-electron chi connectivity index (χ3n) is 2.05. The molecule has 0 aliphatic rings. The first-order chi connectivity index (χ1) is 7.54. The van der Waals surface area contributed by atoms with Gasteiger partial charge in [0.15, 0.2) is 5.82 Å². The third kappa shape index (κ3) is 3.27. The minimum Gasteiger partial charge on any atom is -0.394 e. The van der Waals surface area contributed by atoms with E-state index in [-0.39, 0.29) is 31.0 Å². The predicted octanol–water partition coefficient (Wildman–Crippen LogP) is -0.706. The van der Waals surface area contributed by atoms with E-state index < -0.39 is 0 Å². The van der Waals surface area contributed by atoms with Crippen molar-refractivity contribution in [2.75, 3.05) is 6.61 Å². The summed E-state index contributed by atoms with van der Waals surface area (Å²) in [5, 5.41) is 22.5. The van der Waals surface area contributed by atoms with Gasteiger partial charge in [-0.2, -0.15) is 0 Å². The van der Waals surface area contributed by atoms with Crippen molar-refractivity contribution in [3.63, 3.8) is 0 Å². The molecule has 1 aromatic rings. The van der Waals surface area contributed by atoms with E-state index in [1.165, 1.54) is 4.68 Å². The molecule has 2 N–H and O–H groups in total. The van der Waals surface area contributed by atoms with Crippen LogP contribution in [0.3, 0.4) is 0 Å². The van der Waals surface area contributed by atoms with Gasteiger partial charge in [-0.1, -0.05) is 13.8 Å². The minimum absolute atomic E-state index is 0.0743. The van der Waals surface area contributed by atoms with E-state index in [9.17, 15) is 4.79 Å². The summed E-state index contributed by atoms with van der Waals surface area (Å²) in [7, 11) is 0. The van der Waals surface area contributed by atoms with Crippen LogP contribution in [0, 0.1) is 0 Å². The smallest absolute Gasteiger partial charge is 0.242 e. The van der Waals surface area contributed by atoms with Crippen molar-refractivity contribution < 1.29 is 9.90 Å². The van der Waals surface area contributed by atoms with Crippen molar-refractivity contribution in [2.45, 2.75) is 39.3 Å². The Kier molecular flexibility index (Phi) is 4.36. The average Bonchev–Trinajstić information content (AvgIpc) is 2.65. The van der Waals surface area contributed by atoms with Gasteiger partial charge in [-0.25, -0.2) is 4.68 Å². The Hall–Kier alpha value is -1.50. The maximum Gasteiger partial charge on any atom is 0.242 e. The number of hydrogen-bond acceptors (Lipinski definition) is 5. The Balaban J connectivity index is 2.59. The van der Waals surface area contributed by atoms with Crippen molar-refractivity contribution in [1.29, 1.82) is 0 Å². The molecule has 0 aliphatic heterocycles. The van der Waals surface area contributed by atoms with E-state index in [0.717, 1.165) is 0 Å². The van der Waals surface area contributed by atoms with Crippen LogP contribution in [0.15, 0.2) is 0 Å². The highest BCUT2D eigenvalue weighted by Crippen LogP contribution is 2.08. The number of hydrogen-bond donors (Lipinski definition) is 2. The fraction of sp³-hybridized carbons (Fsp3) is 0.778. The van der Waals surface area contributed by atoms with E-state index in [1.54, 1.807) is 6.92 Å². The van der Waals surface area contributed by atoms with Gasteiger partial charge in [0.2, 0.25) is 5.91 Å². The normalized spacial score (nSPS) is 12.8. The molecule has 0 spiro atoms. The Labute approximate surface area is 93.8 Å². The first-order valence-electron chi connectivity index (χ1n) is 5.20. The molecule has 0 saturated heterocycles. The number of aliphatic hydroxyl groups is 1. The molecular formula is C9H17N5O2. The van der Waals surface area contributed by atoms with Crippen LogP contribution in [0.5, 0.6) is 0 Å². The SMILES string of the molecule is CC(CO)NC(=O)Cn1nnnc1C(C)C. The molecule has 1 atom stereocenters. The fourth-order valence-electron chi connectivity index (χ4n) is 1.24. The molecular weight excluding hydrogens is 210 g/mol. The number of carbonyl (C=O) groups excluding carboxylic acids is 1. The van der Waals surface area contributed by atoms with Crippen molar-refractivity contribution >= 4 is 5.91 Å². The average molecular weight is 227 g/mol. The predicted molar refractivity (Wildman–Crippen MR) is 56.6 cm³/mol. The monoisotopic (exact) mass is 227 g/mol. The lowest BCUT2D eigenvalue weighted by molar-refractivity contribution is -0.122. The summed E-state index contributed by atoms with van der Waals surface area (Å²) < 4.78 is 1.46. The number of amides is 1. The van der Waals surface area contributed by atoms with Gasteiger partial charge in [0.1, 0.15) is 6.54 Å². The molecule has 1 aromatic heterocycles. The summed E-state index contributed by atoms with van der Waals surface area (Å²) in [6.45, 7) is 5.62. The van der Waals surface area contributed by atoms with Gasteiger partial charge in [0, 0.05) is 12.0 Å². The number of carbonyl (C=O) groups is 1. The Bertz CT molecular complexity index is 349. The second-order valence-electron chi connectivity index (χ2n) is 4.00. The molecule has 1 heterocycles. The molecule has 1 rings (SSSR count). The van der Waals surface area contributed by atoms with E-state index in [1.807, 2.05) is 13.8 Å². The minimum atomic E-state index is -0.258. The van der Waals surface area contributed by atoms with Gasteiger partial charge in [-0.15, -0.1) is 5.10 Å². The van der Waals surface area contributed by atoms with Crippen molar-refractivity contribution in [3.05, 3.63) is 5.82 Å². The standard InChI is InChI=1S/C9H17N5O2/c1-6(2)9-11-12-13-14(9)4-8(16)10-7(3)5-15/h6-7,15H,4-5H2,1-3H3,(H,10,16). The van der Waals surface area contributed by atoms with Crippen LogP contribution in [0.4, 0.5) is 0 Å². The van der Waals surface area contributed by atoms with Crippen LogP contribution in [0.1, 0.15) is 32.5 Å². The first kappa shape index (κ1) is 12.6. The topological polar surface area (TPSA) is 92.9 Å². The van der Waals surface area contributed by atoms with Crippen LogP contribution in [0.25, 0.3) is 0 Å². The quantitative estimate of drug-likeness (QED) is 0.693. The highest BCUT2D eigenvalue weighted by Gasteiger charge is 2.14. The summed E-state index contributed by atoms with van der Waals surface area (Å²) in [6.07, 6.45) is 0. The van der Waals surface area contributed by atoms with E-state index in [2.05, 4.69) is 20.8 Å². The third-order valence-corrected chi connectivity index (χ3v) is 2.05. The molecule has 1 amide bonds. The van der Waals surface area contributed by atoms with Gasteiger partial charge in [-0.05, 0) is 17.4 Å². The molecule has 0 fully saturated rings. The molecule has 0 aliphatic carbocycles. The van der Waals surface area contributed by atoms with Crippen molar-refractivity contribution in [1.82, 2.24) is 25.5 Å². The zero-order valence-electron chi connectivity index (χ0n) is 9.71. The molecule has 0 bridgehead atoms. The summed E-state index contributed by atoms with van der Waals surface area (Å²) in [6, 6.07) is -0.258. The number of aromatic nitrogens is 4. The number of nitrogens with one attached hydrogen (secondary N) is 1. The van der Waals surface area contributed by atoms with Gasteiger partial charge < -0.3 is 10.4 Å². The largest absolute Gasteiger partial charge is 0.394 e. The Morgan fingerprint density at radius 3 is 2.75 bits per heavy atom. The first-order valence-corrected chi connectivity index (χ1v) is 5.20. The van der Waals surface area contributed by atoms with Crippen molar-refractivity contribution in [3.8, 4) is 0 Å². The lowest BCUT2D eigenvalue weighted by atomic mass is 10.2. The van der Waals surface area contributed by atoms with Crippen LogP contribution in [0.2, 0.25) is 0 Å². The lowest BCUT2D eigenvalue weighted by Crippen LogP contribution is -2.37. The molecule has 0 radical (unpaired) electrons. The second-order valence-corrected chi connectivity index (χ2v) is 4.00. The van der Waals surface area contributed by atoms with Crippen LogP contribution < -0.4 is 5.32 Å². The molecule has 16 heavy (non-hydrogen) atoms. The zero-order valence-corrected chi connectivity index (χ0v) is 9.71. The fourth-order valence-corrected chi connectivity index (χ4v) is 1.24. The highest BCUT2D eigenvalue weighted by molar-refractivity contribution is 5.75. The highest BCUT2D eigenvalue weighted by atomic mass is 16.3. The van der Waals surface area contributed by atoms with E-state index >= 15 is 0 Å². The van der Waals surface area contributed by atoms with E-state index in [4.69, 9.17) is 5.11 Å². The molecule has 1 unspecified atom stereocenters. The Morgan fingerprint density at radius 1 is 1.50 bits per heavy atom. The number of aliphatic hydroxyl groups excluding tert-OH is 1. The molecule has 90 valence electrons.